The first-order chi connectivity index (χ1) is 7.77. The number of rotatable bonds is 3. The number of benzene rings is 1. The van der Waals surface area contributed by atoms with E-state index < -0.39 is 15.7 Å². The highest BCUT2D eigenvalue weighted by atomic mass is 32.2. The fourth-order valence-corrected chi connectivity index (χ4v) is 2.87. The molecule has 0 radical (unpaired) electrons. The SMILES string of the molecule is CC(N)C1(c2ccc(S(C)(=O)=O)cc2F)CC1. The Kier molecular flexibility index (Phi) is 2.78. The zero-order chi connectivity index (χ0) is 12.8. The van der Waals surface area contributed by atoms with E-state index >= 15 is 0 Å². The molecule has 1 aromatic carbocycles. The molecule has 2 rings (SSSR count). The van der Waals surface area contributed by atoms with Gasteiger partial charge in [0.2, 0.25) is 0 Å². The molecule has 1 aliphatic rings. The average Bonchev–Trinajstić information content (AvgIpc) is 2.96. The van der Waals surface area contributed by atoms with Crippen LogP contribution in [-0.4, -0.2) is 20.7 Å². The first-order valence-corrected chi connectivity index (χ1v) is 7.42. The Balaban J connectivity index is 2.47. The van der Waals surface area contributed by atoms with Gasteiger partial charge < -0.3 is 5.73 Å². The zero-order valence-electron chi connectivity index (χ0n) is 9.90. The number of nitrogens with two attached hydrogens (primary N) is 1. The summed E-state index contributed by atoms with van der Waals surface area (Å²) < 4.78 is 36.6. The molecule has 0 spiro atoms. The van der Waals surface area contributed by atoms with Crippen molar-refractivity contribution in [2.45, 2.75) is 36.1 Å². The highest BCUT2D eigenvalue weighted by molar-refractivity contribution is 7.90. The summed E-state index contributed by atoms with van der Waals surface area (Å²) >= 11 is 0. The van der Waals surface area contributed by atoms with E-state index in [9.17, 15) is 12.8 Å². The lowest BCUT2D eigenvalue weighted by Gasteiger charge is -2.20. The van der Waals surface area contributed by atoms with Gasteiger partial charge in [-0.25, -0.2) is 12.8 Å². The summed E-state index contributed by atoms with van der Waals surface area (Å²) in [5, 5.41) is 0. The predicted molar refractivity (Wildman–Crippen MR) is 64.1 cm³/mol. The van der Waals surface area contributed by atoms with Crippen LogP contribution in [0.3, 0.4) is 0 Å². The average molecular weight is 257 g/mol. The second-order valence-electron chi connectivity index (χ2n) is 4.86. The summed E-state index contributed by atoms with van der Waals surface area (Å²) in [7, 11) is -3.36. The number of sulfone groups is 1. The van der Waals surface area contributed by atoms with Gasteiger partial charge in [0.05, 0.1) is 4.90 Å². The Hall–Kier alpha value is -0.940. The van der Waals surface area contributed by atoms with Gasteiger partial charge in [0.15, 0.2) is 9.84 Å². The third-order valence-electron chi connectivity index (χ3n) is 3.57. The number of halogens is 1. The van der Waals surface area contributed by atoms with Crippen LogP contribution in [0.25, 0.3) is 0 Å². The van der Waals surface area contributed by atoms with E-state index in [-0.39, 0.29) is 16.4 Å². The number of hydrogen-bond acceptors (Lipinski definition) is 3. The van der Waals surface area contributed by atoms with Crippen molar-refractivity contribution >= 4 is 9.84 Å². The van der Waals surface area contributed by atoms with Crippen molar-refractivity contribution in [3.63, 3.8) is 0 Å². The van der Waals surface area contributed by atoms with Crippen LogP contribution in [0.2, 0.25) is 0 Å². The maximum Gasteiger partial charge on any atom is 0.175 e. The summed E-state index contributed by atoms with van der Waals surface area (Å²) in [5.41, 5.74) is 6.12. The van der Waals surface area contributed by atoms with Crippen LogP contribution in [0.1, 0.15) is 25.3 Å². The molecule has 0 bridgehead atoms. The van der Waals surface area contributed by atoms with E-state index in [1.807, 2.05) is 6.92 Å². The molecule has 17 heavy (non-hydrogen) atoms. The van der Waals surface area contributed by atoms with Crippen molar-refractivity contribution in [2.24, 2.45) is 5.73 Å². The van der Waals surface area contributed by atoms with Crippen LogP contribution in [0.4, 0.5) is 4.39 Å². The largest absolute Gasteiger partial charge is 0.327 e. The zero-order valence-corrected chi connectivity index (χ0v) is 10.7. The monoisotopic (exact) mass is 257 g/mol. The van der Waals surface area contributed by atoms with Crippen molar-refractivity contribution in [3.05, 3.63) is 29.6 Å². The molecular formula is C12H16FNO2S. The van der Waals surface area contributed by atoms with Crippen LogP contribution in [0.15, 0.2) is 23.1 Å². The molecule has 5 heteroatoms. The molecule has 0 heterocycles. The van der Waals surface area contributed by atoms with Gasteiger partial charge in [-0.15, -0.1) is 0 Å². The Bertz CT molecular complexity index is 548. The first-order valence-electron chi connectivity index (χ1n) is 5.53. The summed E-state index contributed by atoms with van der Waals surface area (Å²) in [6, 6.07) is 3.98. The second-order valence-corrected chi connectivity index (χ2v) is 6.87. The molecule has 0 aliphatic heterocycles. The van der Waals surface area contributed by atoms with E-state index in [2.05, 4.69) is 0 Å². The summed E-state index contributed by atoms with van der Waals surface area (Å²) in [6.07, 6.45) is 2.79. The molecule has 1 fully saturated rings. The second kappa shape index (κ2) is 3.78. The van der Waals surface area contributed by atoms with Crippen LogP contribution in [-0.2, 0) is 15.3 Å². The van der Waals surface area contributed by atoms with Crippen LogP contribution >= 0.6 is 0 Å². The summed E-state index contributed by atoms with van der Waals surface area (Å²) in [4.78, 5) is 0.0132. The summed E-state index contributed by atoms with van der Waals surface area (Å²) in [5.74, 6) is -0.470. The molecule has 1 atom stereocenters. The standard InChI is InChI=1S/C12H16FNO2S/c1-8(14)12(5-6-12)10-4-3-9(7-11(10)13)17(2,15)16/h3-4,7-8H,5-6,14H2,1-2H3. The predicted octanol–water partition coefficient (Wildman–Crippen LogP) is 1.61. The minimum Gasteiger partial charge on any atom is -0.327 e. The van der Waals surface area contributed by atoms with Crippen LogP contribution in [0.5, 0.6) is 0 Å². The smallest absolute Gasteiger partial charge is 0.175 e. The Labute approximate surface area is 101 Å². The van der Waals surface area contributed by atoms with Crippen molar-refractivity contribution < 1.29 is 12.8 Å². The van der Waals surface area contributed by atoms with Gasteiger partial charge in [-0.2, -0.15) is 0 Å². The van der Waals surface area contributed by atoms with E-state index in [0.29, 0.717) is 5.56 Å². The van der Waals surface area contributed by atoms with Crippen molar-refractivity contribution in [2.75, 3.05) is 6.26 Å². The van der Waals surface area contributed by atoms with E-state index in [1.54, 1.807) is 6.07 Å². The lowest BCUT2D eigenvalue weighted by atomic mass is 9.89. The topological polar surface area (TPSA) is 60.2 Å². The highest BCUT2D eigenvalue weighted by Gasteiger charge is 2.49. The minimum absolute atomic E-state index is 0.0132. The lowest BCUT2D eigenvalue weighted by Crippen LogP contribution is -2.32. The lowest BCUT2D eigenvalue weighted by molar-refractivity contribution is 0.509. The molecule has 1 aromatic rings. The van der Waals surface area contributed by atoms with Gasteiger partial charge in [0, 0.05) is 17.7 Å². The fourth-order valence-electron chi connectivity index (χ4n) is 2.23. The maximum atomic E-state index is 14.0. The molecule has 1 unspecified atom stereocenters. The van der Waals surface area contributed by atoms with Gasteiger partial charge in [-0.1, -0.05) is 6.07 Å². The van der Waals surface area contributed by atoms with Crippen LogP contribution in [0, 0.1) is 5.82 Å². The minimum atomic E-state index is -3.36. The van der Waals surface area contributed by atoms with E-state index in [0.717, 1.165) is 25.2 Å². The molecule has 94 valence electrons. The number of hydrogen-bond donors (Lipinski definition) is 1. The van der Waals surface area contributed by atoms with Gasteiger partial charge in [0.1, 0.15) is 5.82 Å². The Morgan fingerprint density at radius 2 is 2.00 bits per heavy atom. The van der Waals surface area contributed by atoms with Gasteiger partial charge in [-0.05, 0) is 37.5 Å². The molecule has 0 saturated heterocycles. The molecular weight excluding hydrogens is 241 g/mol. The molecule has 3 nitrogen and oxygen atoms in total. The van der Waals surface area contributed by atoms with Gasteiger partial charge in [-0.3, -0.25) is 0 Å². The molecule has 1 saturated carbocycles. The van der Waals surface area contributed by atoms with Crippen molar-refractivity contribution in [3.8, 4) is 0 Å². The maximum absolute atomic E-state index is 14.0. The highest BCUT2D eigenvalue weighted by Crippen LogP contribution is 2.51. The molecule has 0 amide bonds. The van der Waals surface area contributed by atoms with Crippen LogP contribution < -0.4 is 5.73 Å². The molecule has 0 aromatic heterocycles. The van der Waals surface area contributed by atoms with E-state index in [4.69, 9.17) is 5.73 Å². The normalized spacial score (nSPS) is 20.0. The molecule has 1 aliphatic carbocycles. The summed E-state index contributed by atoms with van der Waals surface area (Å²) in [6.45, 7) is 1.86. The Morgan fingerprint density at radius 3 is 2.35 bits per heavy atom. The molecule has 2 N–H and O–H groups in total. The third-order valence-corrected chi connectivity index (χ3v) is 4.68. The van der Waals surface area contributed by atoms with E-state index in [1.165, 1.54) is 6.07 Å². The third kappa shape index (κ3) is 2.09. The quantitative estimate of drug-likeness (QED) is 0.895. The fraction of sp³-hybridized carbons (Fsp3) is 0.500. The van der Waals surface area contributed by atoms with Crippen molar-refractivity contribution in [1.82, 2.24) is 0 Å². The first kappa shape index (κ1) is 12.5. The van der Waals surface area contributed by atoms with Gasteiger partial charge >= 0.3 is 0 Å². The van der Waals surface area contributed by atoms with Crippen molar-refractivity contribution in [1.29, 1.82) is 0 Å². The van der Waals surface area contributed by atoms with Gasteiger partial charge in [0.25, 0.3) is 0 Å². The Morgan fingerprint density at radius 1 is 1.41 bits per heavy atom.